The molecule has 3 rings (SSSR count). The average molecular weight is 453 g/mol. The zero-order valence-corrected chi connectivity index (χ0v) is 17.1. The minimum atomic E-state index is -4.85. The molecule has 0 saturated heterocycles. The molecule has 0 radical (unpaired) electrons. The summed E-state index contributed by atoms with van der Waals surface area (Å²) in [7, 11) is 1.28. The van der Waals surface area contributed by atoms with Crippen molar-refractivity contribution in [3.05, 3.63) is 86.2 Å². The second-order valence-electron chi connectivity index (χ2n) is 6.85. The van der Waals surface area contributed by atoms with Gasteiger partial charge < -0.3 is 4.90 Å². The topological polar surface area (TPSA) is 81.3 Å². The van der Waals surface area contributed by atoms with Crippen molar-refractivity contribution < 1.29 is 22.9 Å². The number of aromatic nitrogens is 2. The van der Waals surface area contributed by atoms with E-state index in [1.807, 2.05) is 0 Å². The van der Waals surface area contributed by atoms with Crippen LogP contribution >= 0.6 is 11.6 Å². The van der Waals surface area contributed by atoms with Crippen molar-refractivity contribution in [1.82, 2.24) is 14.7 Å². The first-order valence-corrected chi connectivity index (χ1v) is 9.27. The highest BCUT2D eigenvalue weighted by atomic mass is 35.5. The number of benzene rings is 2. The number of halogens is 4. The van der Waals surface area contributed by atoms with Crippen molar-refractivity contribution in [2.24, 2.45) is 0 Å². The second-order valence-corrected chi connectivity index (χ2v) is 7.25. The number of nitro groups is 1. The molecular weight excluding hydrogens is 437 g/mol. The molecular formula is C20H16ClF3N4O3. The molecule has 0 unspecified atom stereocenters. The van der Waals surface area contributed by atoms with E-state index in [0.717, 1.165) is 16.7 Å². The number of carbonyl (C=O) groups excluding carboxylic acids is 1. The summed E-state index contributed by atoms with van der Waals surface area (Å²) in [4.78, 5) is 24.2. The van der Waals surface area contributed by atoms with E-state index >= 15 is 0 Å². The molecule has 3 aromatic rings. The van der Waals surface area contributed by atoms with E-state index in [2.05, 4.69) is 5.10 Å². The summed E-state index contributed by atoms with van der Waals surface area (Å²) in [5, 5.41) is 14.9. The molecule has 11 heteroatoms. The summed E-state index contributed by atoms with van der Waals surface area (Å²) in [5.74, 6) is -0.951. The van der Waals surface area contributed by atoms with Gasteiger partial charge in [0.05, 0.1) is 22.4 Å². The van der Waals surface area contributed by atoms with Crippen molar-refractivity contribution >= 4 is 23.2 Å². The van der Waals surface area contributed by atoms with Gasteiger partial charge in [0.1, 0.15) is 0 Å². The first kappa shape index (κ1) is 22.3. The molecule has 0 aliphatic carbocycles. The average Bonchev–Trinajstić information content (AvgIpc) is 3.15. The Morgan fingerprint density at radius 3 is 2.45 bits per heavy atom. The Hall–Kier alpha value is -3.40. The monoisotopic (exact) mass is 452 g/mol. The summed E-state index contributed by atoms with van der Waals surface area (Å²) in [6, 6.07) is 9.87. The highest BCUT2D eigenvalue weighted by molar-refractivity contribution is 6.31. The Morgan fingerprint density at radius 2 is 1.87 bits per heavy atom. The van der Waals surface area contributed by atoms with Gasteiger partial charge in [0.2, 0.25) is 0 Å². The molecule has 162 valence electrons. The molecule has 1 heterocycles. The summed E-state index contributed by atoms with van der Waals surface area (Å²) < 4.78 is 42.2. The lowest BCUT2D eigenvalue weighted by Gasteiger charge is -2.19. The fourth-order valence-corrected chi connectivity index (χ4v) is 3.17. The van der Waals surface area contributed by atoms with Crippen LogP contribution in [0.2, 0.25) is 5.02 Å². The molecule has 31 heavy (non-hydrogen) atoms. The van der Waals surface area contributed by atoms with E-state index in [4.69, 9.17) is 11.6 Å². The molecule has 1 amide bonds. The van der Waals surface area contributed by atoms with Crippen molar-refractivity contribution in [2.45, 2.75) is 19.6 Å². The third-order valence-electron chi connectivity index (χ3n) is 4.54. The van der Waals surface area contributed by atoms with Gasteiger partial charge in [-0.15, -0.1) is 0 Å². The number of amides is 1. The summed E-state index contributed by atoms with van der Waals surface area (Å²) >= 11 is 6.04. The molecule has 0 N–H and O–H groups in total. The van der Waals surface area contributed by atoms with Crippen LogP contribution in [0.3, 0.4) is 0 Å². The number of hydrogen-bond donors (Lipinski definition) is 0. The molecule has 0 aliphatic rings. The van der Waals surface area contributed by atoms with Gasteiger partial charge in [-0.25, -0.2) is 4.68 Å². The lowest BCUT2D eigenvalue weighted by atomic mass is 10.1. The van der Waals surface area contributed by atoms with E-state index in [9.17, 15) is 28.1 Å². The number of aryl methyl sites for hydroxylation is 1. The lowest BCUT2D eigenvalue weighted by molar-refractivity contribution is -0.384. The molecule has 7 nitrogen and oxygen atoms in total. The van der Waals surface area contributed by atoms with Gasteiger partial charge in [0.15, 0.2) is 5.69 Å². The number of rotatable bonds is 5. The molecule has 0 atom stereocenters. The van der Waals surface area contributed by atoms with Crippen molar-refractivity contribution in [3.8, 4) is 5.69 Å². The number of nitro benzene ring substituents is 1. The molecule has 2 aromatic carbocycles. The van der Waals surface area contributed by atoms with E-state index < -0.39 is 28.3 Å². The number of carbonyl (C=O) groups is 1. The summed E-state index contributed by atoms with van der Waals surface area (Å²) in [6.07, 6.45) is -3.99. The van der Waals surface area contributed by atoms with Gasteiger partial charge >= 0.3 is 6.18 Å². The Morgan fingerprint density at radius 1 is 1.23 bits per heavy atom. The van der Waals surface area contributed by atoms with Crippen LogP contribution in [0.15, 0.2) is 48.7 Å². The van der Waals surface area contributed by atoms with Crippen LogP contribution in [0.5, 0.6) is 0 Å². The molecule has 0 saturated carbocycles. The van der Waals surface area contributed by atoms with E-state index in [0.29, 0.717) is 4.68 Å². The highest BCUT2D eigenvalue weighted by Gasteiger charge is 2.41. The van der Waals surface area contributed by atoms with E-state index in [1.54, 1.807) is 19.1 Å². The SMILES string of the molecule is Cc1ccc(-n2ncc(C(=O)N(C)Cc3cc([N+](=O)[O-])ccc3Cl)c2C(F)(F)F)cc1. The minimum absolute atomic E-state index is 0.150. The highest BCUT2D eigenvalue weighted by Crippen LogP contribution is 2.34. The Bertz CT molecular complexity index is 1140. The molecule has 0 fully saturated rings. The lowest BCUT2D eigenvalue weighted by Crippen LogP contribution is -2.29. The first-order valence-electron chi connectivity index (χ1n) is 8.89. The predicted molar refractivity (Wildman–Crippen MR) is 107 cm³/mol. The van der Waals surface area contributed by atoms with Gasteiger partial charge in [-0.2, -0.15) is 18.3 Å². The third kappa shape index (κ3) is 4.69. The van der Waals surface area contributed by atoms with E-state index in [1.165, 1.54) is 37.4 Å². The number of hydrogen-bond acceptors (Lipinski definition) is 4. The van der Waals surface area contributed by atoms with Gasteiger partial charge in [-0.3, -0.25) is 14.9 Å². The maximum absolute atomic E-state index is 13.8. The van der Waals surface area contributed by atoms with Crippen LogP contribution in [-0.2, 0) is 12.7 Å². The number of alkyl halides is 3. The normalized spacial score (nSPS) is 11.4. The van der Waals surface area contributed by atoms with Gasteiger partial charge in [-0.05, 0) is 30.7 Å². The van der Waals surface area contributed by atoms with Gasteiger partial charge in [0.25, 0.3) is 11.6 Å². The van der Waals surface area contributed by atoms with E-state index in [-0.39, 0.29) is 28.5 Å². The van der Waals surface area contributed by atoms with Gasteiger partial charge in [0, 0.05) is 30.7 Å². The fraction of sp³-hybridized carbons (Fsp3) is 0.200. The maximum Gasteiger partial charge on any atom is 0.434 e. The quantitative estimate of drug-likeness (QED) is 0.401. The van der Waals surface area contributed by atoms with Gasteiger partial charge in [-0.1, -0.05) is 29.3 Å². The standard InChI is InChI=1S/C20H16ClF3N4O3/c1-12-3-5-14(6-4-12)27-18(20(22,23)24)16(10-25-27)19(29)26(2)11-13-9-15(28(30)31)7-8-17(13)21/h3-10H,11H2,1-2H3. The van der Waals surface area contributed by atoms with Crippen LogP contribution in [0.25, 0.3) is 5.69 Å². The molecule has 0 spiro atoms. The van der Waals surface area contributed by atoms with Crippen LogP contribution in [0.1, 0.15) is 27.2 Å². The summed E-state index contributed by atoms with van der Waals surface area (Å²) in [5.41, 5.74) is -0.860. The third-order valence-corrected chi connectivity index (χ3v) is 4.91. The Labute approximate surface area is 179 Å². The maximum atomic E-state index is 13.8. The van der Waals surface area contributed by atoms with Crippen molar-refractivity contribution in [3.63, 3.8) is 0 Å². The number of nitrogens with zero attached hydrogens (tertiary/aromatic N) is 4. The second kappa shape index (κ2) is 8.38. The largest absolute Gasteiger partial charge is 0.434 e. The van der Waals surface area contributed by atoms with Crippen LogP contribution in [-0.4, -0.2) is 32.6 Å². The molecule has 0 bridgehead atoms. The fourth-order valence-electron chi connectivity index (χ4n) is 2.99. The van der Waals surface area contributed by atoms with Crippen LogP contribution < -0.4 is 0 Å². The predicted octanol–water partition coefficient (Wildman–Crippen LogP) is 5.03. The zero-order valence-electron chi connectivity index (χ0n) is 16.4. The number of non-ortho nitro benzene ring substituents is 1. The smallest absolute Gasteiger partial charge is 0.337 e. The van der Waals surface area contributed by atoms with Crippen molar-refractivity contribution in [1.29, 1.82) is 0 Å². The molecule has 0 aliphatic heterocycles. The summed E-state index contributed by atoms with van der Waals surface area (Å²) in [6.45, 7) is 1.56. The molecule has 1 aromatic heterocycles. The Balaban J connectivity index is 1.97. The van der Waals surface area contributed by atoms with Crippen LogP contribution in [0.4, 0.5) is 18.9 Å². The van der Waals surface area contributed by atoms with Crippen LogP contribution in [0, 0.1) is 17.0 Å². The van der Waals surface area contributed by atoms with Crippen molar-refractivity contribution in [2.75, 3.05) is 7.05 Å². The zero-order chi connectivity index (χ0) is 22.9. The minimum Gasteiger partial charge on any atom is -0.337 e. The first-order chi connectivity index (χ1) is 14.5. The Kier molecular flexibility index (Phi) is 6.03.